The minimum atomic E-state index is 0.398. The first-order chi connectivity index (χ1) is 4.66. The van der Waals surface area contributed by atoms with Crippen molar-refractivity contribution in [2.75, 3.05) is 27.3 Å². The van der Waals surface area contributed by atoms with E-state index >= 15 is 0 Å². The van der Waals surface area contributed by atoms with Gasteiger partial charge in [-0.1, -0.05) is 0 Å². The third-order valence-electron chi connectivity index (χ3n) is 1.05. The summed E-state index contributed by atoms with van der Waals surface area (Å²) in [5.74, 6) is 0. The van der Waals surface area contributed by atoms with E-state index in [-0.39, 0.29) is 0 Å². The van der Waals surface area contributed by atoms with E-state index in [1.54, 1.807) is 0 Å². The summed E-state index contributed by atoms with van der Waals surface area (Å²) >= 11 is 0. The maximum atomic E-state index is 5.21. The molecule has 0 aliphatic heterocycles. The van der Waals surface area contributed by atoms with Crippen molar-refractivity contribution < 1.29 is 4.74 Å². The van der Waals surface area contributed by atoms with E-state index < -0.39 is 0 Å². The van der Waals surface area contributed by atoms with Crippen molar-refractivity contribution in [3.63, 3.8) is 0 Å². The van der Waals surface area contributed by atoms with Gasteiger partial charge in [-0.2, -0.15) is 0 Å². The third kappa shape index (κ3) is 6.01. The van der Waals surface area contributed by atoms with E-state index in [1.165, 1.54) is 0 Å². The average Bonchev–Trinajstić information content (AvgIpc) is 1.82. The van der Waals surface area contributed by atoms with Crippen LogP contribution in [0.1, 0.15) is 13.8 Å². The van der Waals surface area contributed by atoms with Crippen molar-refractivity contribution in [2.24, 2.45) is 0 Å². The van der Waals surface area contributed by atoms with Crippen LogP contribution in [-0.4, -0.2) is 38.4 Å². The quantitative estimate of drug-likeness (QED) is 0.571. The van der Waals surface area contributed by atoms with Crippen LogP contribution in [0.15, 0.2) is 0 Å². The molecule has 1 unspecified atom stereocenters. The molecular weight excluding hydrogens is 128 g/mol. The van der Waals surface area contributed by atoms with E-state index in [9.17, 15) is 0 Å². The normalized spacial score (nSPS) is 14.1. The molecule has 3 nitrogen and oxygen atoms in total. The van der Waals surface area contributed by atoms with Gasteiger partial charge in [-0.3, -0.25) is 10.4 Å². The minimum absolute atomic E-state index is 0.398. The third-order valence-corrected chi connectivity index (χ3v) is 1.05. The second-order valence-electron chi connectivity index (χ2n) is 2.58. The SMILES string of the molecule is CCOCC(C)NN(C)C. The maximum absolute atomic E-state index is 5.21. The summed E-state index contributed by atoms with van der Waals surface area (Å²) in [7, 11) is 3.95. The molecule has 0 spiro atoms. The van der Waals surface area contributed by atoms with Crippen LogP contribution in [0.3, 0.4) is 0 Å². The summed E-state index contributed by atoms with van der Waals surface area (Å²) in [4.78, 5) is 0. The van der Waals surface area contributed by atoms with Crippen LogP contribution < -0.4 is 5.43 Å². The van der Waals surface area contributed by atoms with E-state index in [4.69, 9.17) is 4.74 Å². The van der Waals surface area contributed by atoms with Gasteiger partial charge in [0.15, 0.2) is 0 Å². The van der Waals surface area contributed by atoms with Crippen LogP contribution in [0, 0.1) is 0 Å². The van der Waals surface area contributed by atoms with Crippen molar-refractivity contribution in [1.82, 2.24) is 10.4 Å². The lowest BCUT2D eigenvalue weighted by Gasteiger charge is -2.18. The molecule has 10 heavy (non-hydrogen) atoms. The van der Waals surface area contributed by atoms with Gasteiger partial charge in [0.25, 0.3) is 0 Å². The molecule has 0 aromatic carbocycles. The lowest BCUT2D eigenvalue weighted by molar-refractivity contribution is 0.102. The average molecular weight is 146 g/mol. The van der Waals surface area contributed by atoms with E-state index in [0.29, 0.717) is 6.04 Å². The standard InChI is InChI=1S/C7H18N2O/c1-5-10-6-7(2)8-9(3)4/h7-8H,5-6H2,1-4H3. The van der Waals surface area contributed by atoms with Gasteiger partial charge in [0.2, 0.25) is 0 Å². The molecule has 62 valence electrons. The number of rotatable bonds is 5. The number of hydrogen-bond donors (Lipinski definition) is 1. The maximum Gasteiger partial charge on any atom is 0.0630 e. The number of hydrazine groups is 1. The van der Waals surface area contributed by atoms with Crippen LogP contribution in [-0.2, 0) is 4.74 Å². The lowest BCUT2D eigenvalue weighted by atomic mass is 10.4. The minimum Gasteiger partial charge on any atom is -0.380 e. The van der Waals surface area contributed by atoms with Gasteiger partial charge < -0.3 is 4.74 Å². The Morgan fingerprint density at radius 2 is 2.10 bits per heavy atom. The first-order valence-electron chi connectivity index (χ1n) is 3.68. The molecule has 0 aromatic rings. The summed E-state index contributed by atoms with van der Waals surface area (Å²) in [6, 6.07) is 0.398. The van der Waals surface area contributed by atoms with Crippen LogP contribution in [0.5, 0.6) is 0 Å². The van der Waals surface area contributed by atoms with Crippen molar-refractivity contribution in [3.05, 3.63) is 0 Å². The molecule has 0 fully saturated rings. The fourth-order valence-electron chi connectivity index (χ4n) is 0.773. The molecule has 0 radical (unpaired) electrons. The van der Waals surface area contributed by atoms with Gasteiger partial charge in [-0.15, -0.1) is 0 Å². The van der Waals surface area contributed by atoms with Crippen LogP contribution in [0.2, 0.25) is 0 Å². The molecule has 1 atom stereocenters. The zero-order chi connectivity index (χ0) is 7.98. The molecule has 0 aliphatic carbocycles. The molecule has 0 aliphatic rings. The number of nitrogens with zero attached hydrogens (tertiary/aromatic N) is 1. The predicted molar refractivity (Wildman–Crippen MR) is 42.8 cm³/mol. The highest BCUT2D eigenvalue weighted by Gasteiger charge is 1.99. The van der Waals surface area contributed by atoms with Gasteiger partial charge in [0, 0.05) is 26.7 Å². The summed E-state index contributed by atoms with van der Waals surface area (Å²) < 4.78 is 5.21. The summed E-state index contributed by atoms with van der Waals surface area (Å²) in [6.07, 6.45) is 0. The molecule has 3 heteroatoms. The molecule has 0 saturated carbocycles. The van der Waals surface area contributed by atoms with Crippen molar-refractivity contribution in [2.45, 2.75) is 19.9 Å². The fourth-order valence-corrected chi connectivity index (χ4v) is 0.773. The Balaban J connectivity index is 3.16. The van der Waals surface area contributed by atoms with Gasteiger partial charge in [-0.05, 0) is 13.8 Å². The molecule has 0 bridgehead atoms. The first kappa shape index (κ1) is 9.88. The second kappa shape index (κ2) is 5.65. The topological polar surface area (TPSA) is 24.5 Å². The lowest BCUT2D eigenvalue weighted by Crippen LogP contribution is -2.40. The summed E-state index contributed by atoms with van der Waals surface area (Å²) in [5.41, 5.74) is 3.19. The highest BCUT2D eigenvalue weighted by molar-refractivity contribution is 4.53. The Morgan fingerprint density at radius 3 is 2.50 bits per heavy atom. The molecular formula is C7H18N2O. The zero-order valence-corrected chi connectivity index (χ0v) is 7.35. The van der Waals surface area contributed by atoms with Crippen LogP contribution >= 0.6 is 0 Å². The number of ether oxygens (including phenoxy) is 1. The Morgan fingerprint density at radius 1 is 1.50 bits per heavy atom. The van der Waals surface area contributed by atoms with E-state index in [0.717, 1.165) is 13.2 Å². The Hall–Kier alpha value is -0.120. The Labute approximate surface area is 63.3 Å². The predicted octanol–water partition coefficient (Wildman–Crippen LogP) is 0.478. The number of hydrogen-bond acceptors (Lipinski definition) is 3. The van der Waals surface area contributed by atoms with Gasteiger partial charge in [-0.25, -0.2) is 0 Å². The van der Waals surface area contributed by atoms with Gasteiger partial charge in [0.1, 0.15) is 0 Å². The highest BCUT2D eigenvalue weighted by Crippen LogP contribution is 1.83. The monoisotopic (exact) mass is 146 g/mol. The highest BCUT2D eigenvalue weighted by atomic mass is 16.5. The van der Waals surface area contributed by atoms with Crippen LogP contribution in [0.25, 0.3) is 0 Å². The molecule has 0 aromatic heterocycles. The van der Waals surface area contributed by atoms with Gasteiger partial charge in [0.05, 0.1) is 6.61 Å². The van der Waals surface area contributed by atoms with Crippen LogP contribution in [0.4, 0.5) is 0 Å². The van der Waals surface area contributed by atoms with E-state index in [1.807, 2.05) is 26.0 Å². The fraction of sp³-hybridized carbons (Fsp3) is 1.00. The molecule has 0 saturated heterocycles. The molecule has 0 rings (SSSR count). The molecule has 1 N–H and O–H groups in total. The second-order valence-corrected chi connectivity index (χ2v) is 2.58. The van der Waals surface area contributed by atoms with Crippen molar-refractivity contribution >= 4 is 0 Å². The summed E-state index contributed by atoms with van der Waals surface area (Å²) in [5, 5.41) is 1.93. The smallest absolute Gasteiger partial charge is 0.0630 e. The first-order valence-corrected chi connectivity index (χ1v) is 3.68. The Kier molecular flexibility index (Phi) is 5.58. The van der Waals surface area contributed by atoms with E-state index in [2.05, 4.69) is 12.3 Å². The van der Waals surface area contributed by atoms with Gasteiger partial charge >= 0.3 is 0 Å². The van der Waals surface area contributed by atoms with Crippen molar-refractivity contribution in [3.8, 4) is 0 Å². The van der Waals surface area contributed by atoms with Crippen molar-refractivity contribution in [1.29, 1.82) is 0 Å². The molecule has 0 heterocycles. The largest absolute Gasteiger partial charge is 0.380 e. The summed E-state index contributed by atoms with van der Waals surface area (Å²) in [6.45, 7) is 5.66. The zero-order valence-electron chi connectivity index (χ0n) is 7.35. The molecule has 0 amide bonds. The number of nitrogens with one attached hydrogen (secondary N) is 1. The Bertz CT molecular complexity index is 76.0.